The van der Waals surface area contributed by atoms with E-state index in [2.05, 4.69) is 12.2 Å². The Morgan fingerprint density at radius 1 is 1.12 bits per heavy atom. The van der Waals surface area contributed by atoms with E-state index in [4.69, 9.17) is 27.9 Å². The highest BCUT2D eigenvalue weighted by Gasteiger charge is 2.28. The van der Waals surface area contributed by atoms with Crippen molar-refractivity contribution in [1.82, 2.24) is 10.2 Å². The van der Waals surface area contributed by atoms with Crippen molar-refractivity contribution >= 4 is 46.8 Å². The van der Waals surface area contributed by atoms with Crippen LogP contribution < -0.4 is 10.1 Å². The van der Waals surface area contributed by atoms with Crippen LogP contribution in [0.3, 0.4) is 0 Å². The van der Waals surface area contributed by atoms with Gasteiger partial charge in [0.05, 0.1) is 12.9 Å². The quantitative estimate of drug-likeness (QED) is 0.337. The number of hydrogen-bond acceptors (Lipinski definition) is 4. The zero-order chi connectivity index (χ0) is 24.2. The van der Waals surface area contributed by atoms with E-state index in [9.17, 15) is 9.59 Å². The monoisotopic (exact) mass is 510 g/mol. The van der Waals surface area contributed by atoms with Crippen LogP contribution in [-0.2, 0) is 21.9 Å². The first kappa shape index (κ1) is 27.4. The van der Waals surface area contributed by atoms with E-state index < -0.39 is 6.04 Å². The summed E-state index contributed by atoms with van der Waals surface area (Å²) in [5.74, 6) is 1.51. The number of nitrogens with zero attached hydrogens (tertiary/aromatic N) is 1. The van der Waals surface area contributed by atoms with Crippen LogP contribution in [0.4, 0.5) is 0 Å². The molecule has 0 aliphatic rings. The van der Waals surface area contributed by atoms with Gasteiger partial charge in [-0.1, -0.05) is 61.7 Å². The van der Waals surface area contributed by atoms with Crippen molar-refractivity contribution in [1.29, 1.82) is 0 Å². The predicted octanol–water partition coefficient (Wildman–Crippen LogP) is 5.96. The van der Waals surface area contributed by atoms with E-state index in [0.717, 1.165) is 29.7 Å². The van der Waals surface area contributed by atoms with Crippen molar-refractivity contribution in [2.75, 3.05) is 19.4 Å². The Morgan fingerprint density at radius 3 is 2.45 bits per heavy atom. The Balaban J connectivity index is 2.12. The molecule has 5 nitrogen and oxygen atoms in total. The third-order valence-corrected chi connectivity index (χ3v) is 6.80. The van der Waals surface area contributed by atoms with Gasteiger partial charge in [0.2, 0.25) is 11.8 Å². The van der Waals surface area contributed by atoms with Gasteiger partial charge < -0.3 is 15.0 Å². The third kappa shape index (κ3) is 8.76. The van der Waals surface area contributed by atoms with Crippen LogP contribution in [0.2, 0.25) is 10.0 Å². The minimum atomic E-state index is -0.567. The Hall–Kier alpha value is -1.89. The van der Waals surface area contributed by atoms with Gasteiger partial charge in [0.15, 0.2) is 0 Å². The number of nitrogens with one attached hydrogen (secondary N) is 1. The minimum Gasteiger partial charge on any atom is -0.497 e. The molecule has 1 atom stereocenters. The fraction of sp³-hybridized carbons (Fsp3) is 0.440. The number of methoxy groups -OCH3 is 1. The van der Waals surface area contributed by atoms with Crippen molar-refractivity contribution in [3.8, 4) is 5.75 Å². The fourth-order valence-corrected chi connectivity index (χ4v) is 4.66. The normalized spacial score (nSPS) is 11.7. The second-order valence-corrected chi connectivity index (χ2v) is 9.50. The second kappa shape index (κ2) is 14.4. The van der Waals surface area contributed by atoms with Crippen molar-refractivity contribution in [3.05, 3.63) is 63.6 Å². The molecule has 1 N–H and O–H groups in total. The number of carbonyl (C=O) groups is 2. The number of hydrogen-bond donors (Lipinski definition) is 1. The summed E-state index contributed by atoms with van der Waals surface area (Å²) in [6, 6.07) is 12.4. The van der Waals surface area contributed by atoms with Crippen LogP contribution in [-0.4, -0.2) is 42.2 Å². The average molecular weight is 512 g/mol. The maximum Gasteiger partial charge on any atom is 0.242 e. The molecule has 0 radical (unpaired) electrons. The molecular formula is C25H32Cl2N2O3S. The van der Waals surface area contributed by atoms with E-state index >= 15 is 0 Å². The SMILES string of the molecule is CCCCNC(=O)C(CC)N(Cc1ccc(Cl)cc1Cl)C(=O)CSCc1ccc(OC)cc1. The van der Waals surface area contributed by atoms with E-state index in [1.54, 1.807) is 30.2 Å². The number of rotatable bonds is 13. The molecular weight excluding hydrogens is 479 g/mol. The number of halogens is 2. The van der Waals surface area contributed by atoms with Crippen LogP contribution >= 0.6 is 35.0 Å². The number of ether oxygens (including phenoxy) is 1. The molecule has 0 saturated heterocycles. The number of thioether (sulfide) groups is 1. The van der Waals surface area contributed by atoms with Crippen LogP contribution in [0.5, 0.6) is 5.75 Å². The van der Waals surface area contributed by atoms with Crippen molar-refractivity contribution < 1.29 is 14.3 Å². The Morgan fingerprint density at radius 2 is 1.85 bits per heavy atom. The van der Waals surface area contributed by atoms with E-state index in [0.29, 0.717) is 28.8 Å². The van der Waals surface area contributed by atoms with E-state index in [-0.39, 0.29) is 24.1 Å². The van der Waals surface area contributed by atoms with Gasteiger partial charge in [-0.15, -0.1) is 11.8 Å². The van der Waals surface area contributed by atoms with Gasteiger partial charge in [-0.25, -0.2) is 0 Å². The van der Waals surface area contributed by atoms with Crippen LogP contribution in [0.1, 0.15) is 44.2 Å². The summed E-state index contributed by atoms with van der Waals surface area (Å²) in [5, 5.41) is 3.97. The molecule has 0 aliphatic carbocycles. The summed E-state index contributed by atoms with van der Waals surface area (Å²) in [6.07, 6.45) is 2.40. The Kier molecular flexibility index (Phi) is 11.9. The van der Waals surface area contributed by atoms with Gasteiger partial charge in [-0.2, -0.15) is 0 Å². The highest BCUT2D eigenvalue weighted by atomic mass is 35.5. The topological polar surface area (TPSA) is 58.6 Å². The van der Waals surface area contributed by atoms with Gasteiger partial charge in [0, 0.05) is 28.9 Å². The third-order valence-electron chi connectivity index (χ3n) is 5.22. The average Bonchev–Trinajstić information content (AvgIpc) is 2.80. The highest BCUT2D eigenvalue weighted by molar-refractivity contribution is 7.99. The molecule has 180 valence electrons. The van der Waals surface area contributed by atoms with Gasteiger partial charge in [-0.3, -0.25) is 9.59 Å². The number of carbonyl (C=O) groups excluding carboxylic acids is 2. The molecule has 1 unspecified atom stereocenters. The van der Waals surface area contributed by atoms with Crippen LogP contribution in [0.15, 0.2) is 42.5 Å². The lowest BCUT2D eigenvalue weighted by Crippen LogP contribution is -2.49. The predicted molar refractivity (Wildman–Crippen MR) is 138 cm³/mol. The standard InChI is InChI=1S/C25H32Cl2N2O3S/c1-4-6-13-28-25(31)23(5-2)29(15-19-9-10-20(26)14-22(19)27)24(30)17-33-16-18-7-11-21(32-3)12-8-18/h7-12,14,23H,4-6,13,15-17H2,1-3H3,(H,28,31). The zero-order valence-electron chi connectivity index (χ0n) is 19.4. The summed E-state index contributed by atoms with van der Waals surface area (Å²) in [5.41, 5.74) is 1.86. The summed E-state index contributed by atoms with van der Waals surface area (Å²) in [6.45, 7) is 4.83. The number of unbranched alkanes of at least 4 members (excludes halogenated alkanes) is 1. The molecule has 0 bridgehead atoms. The maximum absolute atomic E-state index is 13.3. The van der Waals surface area contributed by atoms with Crippen LogP contribution in [0.25, 0.3) is 0 Å². The Bertz CT molecular complexity index is 909. The minimum absolute atomic E-state index is 0.1000. The van der Waals surface area contributed by atoms with Crippen LogP contribution in [0, 0.1) is 0 Å². The summed E-state index contributed by atoms with van der Waals surface area (Å²) >= 11 is 13.9. The number of amides is 2. The van der Waals surface area contributed by atoms with Crippen molar-refractivity contribution in [2.24, 2.45) is 0 Å². The fourth-order valence-electron chi connectivity index (χ4n) is 3.32. The molecule has 2 rings (SSSR count). The summed E-state index contributed by atoms with van der Waals surface area (Å²) < 4.78 is 5.19. The van der Waals surface area contributed by atoms with Crippen molar-refractivity contribution in [3.63, 3.8) is 0 Å². The maximum atomic E-state index is 13.3. The smallest absolute Gasteiger partial charge is 0.242 e. The first-order chi connectivity index (χ1) is 15.9. The molecule has 2 aromatic carbocycles. The molecule has 0 aromatic heterocycles. The largest absolute Gasteiger partial charge is 0.497 e. The van der Waals surface area contributed by atoms with E-state index in [1.165, 1.54) is 11.8 Å². The van der Waals surface area contributed by atoms with Gasteiger partial charge in [-0.05, 0) is 48.2 Å². The number of benzene rings is 2. The molecule has 0 spiro atoms. The summed E-state index contributed by atoms with van der Waals surface area (Å²) in [4.78, 5) is 27.8. The Labute approximate surface area is 211 Å². The molecule has 2 amide bonds. The molecule has 8 heteroatoms. The van der Waals surface area contributed by atoms with Gasteiger partial charge in [0.1, 0.15) is 11.8 Å². The molecule has 0 aliphatic heterocycles. The highest BCUT2D eigenvalue weighted by Crippen LogP contribution is 2.25. The molecule has 0 fully saturated rings. The molecule has 0 saturated carbocycles. The lowest BCUT2D eigenvalue weighted by Gasteiger charge is -2.31. The van der Waals surface area contributed by atoms with Gasteiger partial charge >= 0.3 is 0 Å². The second-order valence-electron chi connectivity index (χ2n) is 7.67. The first-order valence-corrected chi connectivity index (χ1v) is 13.0. The first-order valence-electron chi connectivity index (χ1n) is 11.1. The molecule has 0 heterocycles. The molecule has 2 aromatic rings. The van der Waals surface area contributed by atoms with Crippen molar-refractivity contribution in [2.45, 2.75) is 51.4 Å². The van der Waals surface area contributed by atoms with Gasteiger partial charge in [0.25, 0.3) is 0 Å². The zero-order valence-corrected chi connectivity index (χ0v) is 21.7. The summed E-state index contributed by atoms with van der Waals surface area (Å²) in [7, 11) is 1.63. The lowest BCUT2D eigenvalue weighted by atomic mass is 10.1. The van der Waals surface area contributed by atoms with E-state index in [1.807, 2.05) is 31.2 Å². The lowest BCUT2D eigenvalue weighted by molar-refractivity contribution is -0.139. The molecule has 33 heavy (non-hydrogen) atoms.